The van der Waals surface area contributed by atoms with E-state index in [0.29, 0.717) is 52.0 Å². The monoisotopic (exact) mass is 935 g/mol. The quantitative estimate of drug-likeness (QED) is 0.0431. The second-order valence-corrected chi connectivity index (χ2v) is 14.6. The number of hydrogen-bond acceptors (Lipinski definition) is 8. The smallest absolute Gasteiger partial charge is 0.407 e. The van der Waals surface area contributed by atoms with E-state index >= 15 is 0 Å². The van der Waals surface area contributed by atoms with Gasteiger partial charge >= 0.3 is 6.09 Å². The van der Waals surface area contributed by atoms with E-state index in [9.17, 15) is 19.9 Å². The highest BCUT2D eigenvalue weighted by Crippen LogP contribution is 2.45. The number of phenols is 1. The van der Waals surface area contributed by atoms with E-state index < -0.39 is 12.0 Å². The summed E-state index contributed by atoms with van der Waals surface area (Å²) in [6.45, 7) is 1.20. The van der Waals surface area contributed by atoms with Gasteiger partial charge in [0.1, 0.15) is 28.3 Å². The highest BCUT2D eigenvalue weighted by molar-refractivity contribution is 9.11. The SMILES string of the molecule is COc1c(Br)cc(C/C(=N/O)C(=O)NCCCOc2c(Br)cc(CCNC(=O)OCC3c4ccccc4-c4ccccc43)cc2Br)c(O)c1Br. The first-order valence-electron chi connectivity index (χ1n) is 15.5. The highest BCUT2D eigenvalue weighted by atomic mass is 79.9. The molecular weight excluding hydrogens is 906 g/mol. The van der Waals surface area contributed by atoms with Crippen molar-refractivity contribution in [3.05, 3.63) is 107 Å². The second kappa shape index (κ2) is 17.6. The van der Waals surface area contributed by atoms with E-state index in [1.54, 1.807) is 6.07 Å². The van der Waals surface area contributed by atoms with Crippen molar-refractivity contribution in [3.63, 3.8) is 0 Å². The predicted octanol–water partition coefficient (Wildman–Crippen LogP) is 8.49. The van der Waals surface area contributed by atoms with Gasteiger partial charge in [-0.1, -0.05) is 53.7 Å². The Labute approximate surface area is 323 Å². The number of nitrogens with one attached hydrogen (secondary N) is 2. The van der Waals surface area contributed by atoms with Crippen LogP contribution in [0, 0.1) is 0 Å². The van der Waals surface area contributed by atoms with Crippen molar-refractivity contribution >= 4 is 81.4 Å². The Kier molecular flexibility index (Phi) is 13.2. The van der Waals surface area contributed by atoms with Gasteiger partial charge in [0.15, 0.2) is 5.75 Å². The molecule has 0 bridgehead atoms. The van der Waals surface area contributed by atoms with Crippen LogP contribution in [0.3, 0.4) is 0 Å². The van der Waals surface area contributed by atoms with Crippen molar-refractivity contribution in [1.82, 2.24) is 10.6 Å². The normalized spacial score (nSPS) is 12.2. The minimum absolute atomic E-state index is 0.00180. The molecule has 4 aromatic carbocycles. The molecule has 0 fully saturated rings. The second-order valence-electron chi connectivity index (χ2n) is 11.3. The van der Waals surface area contributed by atoms with Gasteiger partial charge in [0, 0.05) is 31.0 Å². The van der Waals surface area contributed by atoms with E-state index in [0.717, 1.165) is 14.5 Å². The average molecular weight is 939 g/mol. The number of rotatable bonds is 14. The summed E-state index contributed by atoms with van der Waals surface area (Å²) in [4.78, 5) is 25.2. The fraction of sp³-hybridized carbons (Fsp3) is 0.250. The van der Waals surface area contributed by atoms with Crippen LogP contribution in [0.5, 0.6) is 17.2 Å². The lowest BCUT2D eigenvalue weighted by Gasteiger charge is -2.15. The van der Waals surface area contributed by atoms with Crippen LogP contribution in [-0.2, 0) is 22.4 Å². The molecule has 0 unspecified atom stereocenters. The minimum atomic E-state index is -0.576. The maximum Gasteiger partial charge on any atom is 0.407 e. The first-order chi connectivity index (χ1) is 24.1. The van der Waals surface area contributed by atoms with Crippen LogP contribution in [0.2, 0.25) is 0 Å². The molecule has 14 heteroatoms. The summed E-state index contributed by atoms with van der Waals surface area (Å²) in [6, 6.07) is 21.9. The summed E-state index contributed by atoms with van der Waals surface area (Å²) in [7, 11) is 1.46. The molecule has 1 aliphatic carbocycles. The van der Waals surface area contributed by atoms with Gasteiger partial charge in [0.05, 0.1) is 27.1 Å². The Morgan fingerprint density at radius 1 is 0.860 bits per heavy atom. The number of fused-ring (bicyclic) bond motifs is 3. The van der Waals surface area contributed by atoms with Crippen molar-refractivity contribution in [2.45, 2.75) is 25.2 Å². The van der Waals surface area contributed by atoms with Crippen molar-refractivity contribution in [1.29, 1.82) is 0 Å². The Hall–Kier alpha value is -3.59. The van der Waals surface area contributed by atoms with Crippen LogP contribution in [0.4, 0.5) is 4.79 Å². The Bertz CT molecular complexity index is 1850. The number of halogens is 4. The molecule has 262 valence electrons. The lowest BCUT2D eigenvalue weighted by molar-refractivity contribution is -0.115. The topological polar surface area (TPSA) is 139 Å². The lowest BCUT2D eigenvalue weighted by Crippen LogP contribution is -2.33. The number of alkyl carbamates (subject to hydrolysis) is 1. The van der Waals surface area contributed by atoms with Gasteiger partial charge in [-0.2, -0.15) is 0 Å². The van der Waals surface area contributed by atoms with Crippen LogP contribution < -0.4 is 20.1 Å². The molecule has 1 aliphatic rings. The van der Waals surface area contributed by atoms with E-state index in [1.165, 1.54) is 29.4 Å². The molecule has 10 nitrogen and oxygen atoms in total. The van der Waals surface area contributed by atoms with Gasteiger partial charge in [-0.25, -0.2) is 4.79 Å². The molecule has 50 heavy (non-hydrogen) atoms. The summed E-state index contributed by atoms with van der Waals surface area (Å²) < 4.78 is 19.2. The van der Waals surface area contributed by atoms with E-state index in [2.05, 4.69) is 104 Å². The van der Waals surface area contributed by atoms with E-state index in [-0.39, 0.29) is 37.0 Å². The summed E-state index contributed by atoms with van der Waals surface area (Å²) in [5.41, 5.74) is 5.86. The van der Waals surface area contributed by atoms with Crippen molar-refractivity contribution in [3.8, 4) is 28.4 Å². The van der Waals surface area contributed by atoms with Gasteiger partial charge in [-0.15, -0.1) is 0 Å². The van der Waals surface area contributed by atoms with Crippen LogP contribution in [0.1, 0.15) is 34.6 Å². The number of phenolic OH excluding ortho intramolecular Hbond substituents is 1. The van der Waals surface area contributed by atoms with Crippen molar-refractivity contribution in [2.75, 3.05) is 33.4 Å². The first-order valence-corrected chi connectivity index (χ1v) is 18.7. The molecular formula is C36H33Br4N3O7. The number of amides is 2. The number of carbonyl (C=O) groups is 2. The van der Waals surface area contributed by atoms with Gasteiger partial charge < -0.3 is 35.2 Å². The van der Waals surface area contributed by atoms with Crippen molar-refractivity contribution in [2.24, 2.45) is 5.16 Å². The number of benzene rings is 4. The number of ether oxygens (including phenoxy) is 3. The number of hydrogen-bond donors (Lipinski definition) is 4. The Morgan fingerprint density at radius 3 is 2.10 bits per heavy atom. The zero-order valence-corrected chi connectivity index (χ0v) is 33.1. The third kappa shape index (κ3) is 8.82. The molecule has 2 amide bonds. The van der Waals surface area contributed by atoms with Gasteiger partial charge in [-0.3, -0.25) is 4.79 Å². The summed E-state index contributed by atoms with van der Waals surface area (Å²) in [5, 5.41) is 28.6. The zero-order chi connectivity index (χ0) is 35.8. The predicted molar refractivity (Wildman–Crippen MR) is 205 cm³/mol. The lowest BCUT2D eigenvalue weighted by atomic mass is 9.98. The molecule has 0 atom stereocenters. The highest BCUT2D eigenvalue weighted by Gasteiger charge is 2.29. The molecule has 5 rings (SSSR count). The third-order valence-corrected chi connectivity index (χ3v) is 10.6. The fourth-order valence-corrected chi connectivity index (χ4v) is 8.75. The maximum atomic E-state index is 12.7. The standard InChI is InChI=1S/C36H33Br4N3O7/c1-48-34-29(39)17-21(32(44)31(34)40)18-30(43-47)35(45)41-12-6-14-49-33-27(37)15-20(16-28(33)38)11-13-42-36(46)50-19-26-24-9-4-2-7-22(24)23-8-3-5-10-25(23)26/h2-5,7-10,15-17,26,44,47H,6,11-14,18-19H2,1H3,(H,41,45)(H,42,46)/b43-30-. The summed E-state index contributed by atoms with van der Waals surface area (Å²) >= 11 is 13.8. The molecule has 0 saturated heterocycles. The third-order valence-electron chi connectivity index (χ3n) is 8.11. The molecule has 0 heterocycles. The molecule has 4 aromatic rings. The molecule has 0 radical (unpaired) electrons. The van der Waals surface area contributed by atoms with Crippen LogP contribution in [0.15, 0.2) is 89.8 Å². The summed E-state index contributed by atoms with van der Waals surface area (Å²) in [5.74, 6) is 0.305. The number of carbonyl (C=O) groups excluding carboxylic acids is 2. The first kappa shape index (κ1) is 37.7. The molecule has 0 aromatic heterocycles. The number of aromatic hydroxyl groups is 1. The largest absolute Gasteiger partial charge is 0.506 e. The van der Waals surface area contributed by atoms with Gasteiger partial charge in [0.25, 0.3) is 5.91 Å². The number of methoxy groups -OCH3 is 1. The fourth-order valence-electron chi connectivity index (χ4n) is 5.71. The number of nitrogens with zero attached hydrogens (tertiary/aromatic N) is 1. The number of oxime groups is 1. The minimum Gasteiger partial charge on any atom is -0.506 e. The molecule has 0 aliphatic heterocycles. The van der Waals surface area contributed by atoms with E-state index in [1.807, 2.05) is 36.4 Å². The average Bonchev–Trinajstić information content (AvgIpc) is 3.42. The van der Waals surface area contributed by atoms with Gasteiger partial charge in [-0.05, 0) is 123 Å². The van der Waals surface area contributed by atoms with Crippen LogP contribution >= 0.6 is 63.7 Å². The van der Waals surface area contributed by atoms with E-state index in [4.69, 9.17) is 14.2 Å². The Balaban J connectivity index is 1.04. The van der Waals surface area contributed by atoms with Crippen LogP contribution in [-0.4, -0.2) is 61.4 Å². The van der Waals surface area contributed by atoms with Gasteiger partial charge in [0.2, 0.25) is 0 Å². The van der Waals surface area contributed by atoms with Crippen molar-refractivity contribution < 1.29 is 34.1 Å². The van der Waals surface area contributed by atoms with Crippen LogP contribution in [0.25, 0.3) is 11.1 Å². The zero-order valence-electron chi connectivity index (χ0n) is 26.8. The molecule has 4 N–H and O–H groups in total. The Morgan fingerprint density at radius 2 is 1.48 bits per heavy atom. The summed E-state index contributed by atoms with van der Waals surface area (Å²) in [6.07, 6.45) is 0.471. The molecule has 0 saturated carbocycles. The molecule has 0 spiro atoms. The maximum absolute atomic E-state index is 12.7.